The van der Waals surface area contributed by atoms with Crippen LogP contribution >= 0.6 is 34.7 Å². The number of aryl methyl sites for hydroxylation is 1. The highest BCUT2D eigenvalue weighted by molar-refractivity contribution is 7.98. The van der Waals surface area contributed by atoms with Gasteiger partial charge in [-0.3, -0.25) is 14.6 Å². The first-order chi connectivity index (χ1) is 14.6. The molecular weight excluding hydrogens is 438 g/mol. The van der Waals surface area contributed by atoms with E-state index in [9.17, 15) is 4.79 Å². The molecule has 1 aliphatic rings. The number of anilines is 1. The summed E-state index contributed by atoms with van der Waals surface area (Å²) in [5.74, 6) is -0.0176. The summed E-state index contributed by atoms with van der Waals surface area (Å²) in [5, 5.41) is 1.41. The van der Waals surface area contributed by atoms with Crippen molar-refractivity contribution < 1.29 is 9.53 Å². The Labute approximate surface area is 190 Å². The van der Waals surface area contributed by atoms with Crippen molar-refractivity contribution in [2.24, 2.45) is 0 Å². The van der Waals surface area contributed by atoms with Crippen LogP contribution in [0.1, 0.15) is 15.9 Å². The molecule has 1 aliphatic heterocycles. The van der Waals surface area contributed by atoms with E-state index in [1.54, 1.807) is 11.8 Å². The average molecular weight is 462 g/mol. The van der Waals surface area contributed by atoms with Crippen LogP contribution in [0.4, 0.5) is 5.13 Å². The minimum atomic E-state index is -0.0176. The van der Waals surface area contributed by atoms with Crippen molar-refractivity contribution in [3.05, 3.63) is 52.5 Å². The fourth-order valence-corrected chi connectivity index (χ4v) is 5.31. The normalized spacial score (nSPS) is 14.9. The van der Waals surface area contributed by atoms with Crippen molar-refractivity contribution >= 4 is 56.0 Å². The van der Waals surface area contributed by atoms with Gasteiger partial charge in [0, 0.05) is 36.1 Å². The van der Waals surface area contributed by atoms with E-state index in [2.05, 4.69) is 4.90 Å². The van der Waals surface area contributed by atoms with E-state index < -0.39 is 0 Å². The molecule has 2 heterocycles. The minimum Gasteiger partial charge on any atom is -0.379 e. The van der Waals surface area contributed by atoms with Gasteiger partial charge in [-0.2, -0.15) is 0 Å². The highest BCUT2D eigenvalue weighted by atomic mass is 35.5. The summed E-state index contributed by atoms with van der Waals surface area (Å²) < 4.78 is 6.49. The second-order valence-electron chi connectivity index (χ2n) is 7.13. The van der Waals surface area contributed by atoms with Crippen LogP contribution in [0.15, 0.2) is 41.3 Å². The number of carbonyl (C=O) groups is 1. The quantitative estimate of drug-likeness (QED) is 0.485. The maximum absolute atomic E-state index is 13.6. The van der Waals surface area contributed by atoms with Gasteiger partial charge in [0.25, 0.3) is 5.91 Å². The lowest BCUT2D eigenvalue weighted by molar-refractivity contribution is 0.0391. The van der Waals surface area contributed by atoms with Gasteiger partial charge >= 0.3 is 0 Å². The molecule has 1 saturated heterocycles. The van der Waals surface area contributed by atoms with Crippen LogP contribution < -0.4 is 4.90 Å². The molecule has 158 valence electrons. The largest absolute Gasteiger partial charge is 0.379 e. The van der Waals surface area contributed by atoms with Gasteiger partial charge in [-0.15, -0.1) is 11.8 Å². The van der Waals surface area contributed by atoms with Crippen LogP contribution in [0.25, 0.3) is 10.2 Å². The zero-order valence-corrected chi connectivity index (χ0v) is 19.4. The third kappa shape index (κ3) is 4.50. The summed E-state index contributed by atoms with van der Waals surface area (Å²) in [6.45, 7) is 6.58. The number of aromatic nitrogens is 1. The molecule has 0 radical (unpaired) electrons. The molecule has 1 aromatic heterocycles. The predicted molar refractivity (Wildman–Crippen MR) is 127 cm³/mol. The lowest BCUT2D eigenvalue weighted by Crippen LogP contribution is -2.43. The molecule has 2 aromatic carbocycles. The zero-order valence-electron chi connectivity index (χ0n) is 17.1. The Bertz CT molecular complexity index is 1050. The molecule has 0 atom stereocenters. The van der Waals surface area contributed by atoms with Crippen LogP contribution in [0.3, 0.4) is 0 Å². The number of ether oxygens (including phenoxy) is 1. The van der Waals surface area contributed by atoms with E-state index >= 15 is 0 Å². The van der Waals surface area contributed by atoms with Gasteiger partial charge in [0.05, 0.1) is 29.0 Å². The Hall–Kier alpha value is -1.64. The van der Waals surface area contributed by atoms with Gasteiger partial charge in [0.15, 0.2) is 5.13 Å². The van der Waals surface area contributed by atoms with E-state index in [4.69, 9.17) is 21.3 Å². The number of amides is 1. The molecule has 1 fully saturated rings. The van der Waals surface area contributed by atoms with Crippen LogP contribution in [-0.4, -0.2) is 61.4 Å². The fourth-order valence-electron chi connectivity index (χ4n) is 3.52. The van der Waals surface area contributed by atoms with Gasteiger partial charge in [0.2, 0.25) is 0 Å². The maximum Gasteiger partial charge on any atom is 0.261 e. The van der Waals surface area contributed by atoms with Crippen LogP contribution in [0.2, 0.25) is 5.02 Å². The molecular formula is C22H24ClN3O2S2. The SMILES string of the molecule is CSc1ccccc1C(=O)N(CCN1CCOCC1)c1nc2c(C)c(Cl)ccc2s1. The van der Waals surface area contributed by atoms with Gasteiger partial charge in [0.1, 0.15) is 0 Å². The number of carbonyl (C=O) groups excluding carboxylic acids is 1. The first kappa shape index (κ1) is 21.6. The van der Waals surface area contributed by atoms with Crippen molar-refractivity contribution in [1.82, 2.24) is 9.88 Å². The van der Waals surface area contributed by atoms with Crippen LogP contribution in [-0.2, 0) is 4.74 Å². The van der Waals surface area contributed by atoms with E-state index in [1.807, 2.05) is 54.5 Å². The number of fused-ring (bicyclic) bond motifs is 1. The first-order valence-corrected chi connectivity index (χ1v) is 12.3. The number of rotatable bonds is 6. The Kier molecular flexibility index (Phi) is 6.95. The van der Waals surface area contributed by atoms with E-state index in [-0.39, 0.29) is 5.91 Å². The third-order valence-electron chi connectivity index (χ3n) is 5.29. The Morgan fingerprint density at radius 2 is 2.03 bits per heavy atom. The minimum absolute atomic E-state index is 0.0176. The molecule has 0 spiro atoms. The molecule has 30 heavy (non-hydrogen) atoms. The summed E-state index contributed by atoms with van der Waals surface area (Å²) in [6.07, 6.45) is 1.99. The van der Waals surface area contributed by atoms with E-state index in [0.29, 0.717) is 22.3 Å². The van der Waals surface area contributed by atoms with Gasteiger partial charge in [-0.25, -0.2) is 4.98 Å². The molecule has 5 nitrogen and oxygen atoms in total. The summed E-state index contributed by atoms with van der Waals surface area (Å²) >= 11 is 9.42. The molecule has 0 saturated carbocycles. The Morgan fingerprint density at radius 1 is 1.27 bits per heavy atom. The third-order valence-corrected chi connectivity index (χ3v) is 7.54. The second kappa shape index (κ2) is 9.66. The van der Waals surface area contributed by atoms with Crippen LogP contribution in [0, 0.1) is 6.92 Å². The Morgan fingerprint density at radius 3 is 2.80 bits per heavy atom. The zero-order chi connectivity index (χ0) is 21.1. The number of hydrogen-bond acceptors (Lipinski definition) is 6. The number of thioether (sulfide) groups is 1. The Balaban J connectivity index is 1.69. The summed E-state index contributed by atoms with van der Waals surface area (Å²) in [4.78, 5) is 23.6. The molecule has 0 unspecified atom stereocenters. The van der Waals surface area contributed by atoms with Crippen LogP contribution in [0.5, 0.6) is 0 Å². The van der Waals surface area contributed by atoms with Crippen molar-refractivity contribution in [3.63, 3.8) is 0 Å². The molecule has 0 N–H and O–H groups in total. The fraction of sp³-hybridized carbons (Fsp3) is 0.364. The monoisotopic (exact) mass is 461 g/mol. The van der Waals surface area contributed by atoms with Crippen molar-refractivity contribution in [3.8, 4) is 0 Å². The standard InChI is InChI=1S/C22H24ClN3O2S2/c1-15-17(23)7-8-19-20(15)24-22(30-19)26(10-9-25-11-13-28-14-12-25)21(27)16-5-3-4-6-18(16)29-2/h3-8H,9-14H2,1-2H3. The highest BCUT2D eigenvalue weighted by Gasteiger charge is 2.25. The van der Waals surface area contributed by atoms with Crippen molar-refractivity contribution in [2.75, 3.05) is 50.5 Å². The number of benzene rings is 2. The summed E-state index contributed by atoms with van der Waals surface area (Å²) in [5.41, 5.74) is 2.52. The molecule has 0 aliphatic carbocycles. The predicted octanol–water partition coefficient (Wildman–Crippen LogP) is 4.96. The highest BCUT2D eigenvalue weighted by Crippen LogP contribution is 2.34. The smallest absolute Gasteiger partial charge is 0.261 e. The second-order valence-corrected chi connectivity index (χ2v) is 9.39. The van der Waals surface area contributed by atoms with E-state index in [0.717, 1.165) is 53.5 Å². The molecule has 4 rings (SSSR count). The summed E-state index contributed by atoms with van der Waals surface area (Å²) in [7, 11) is 0. The molecule has 1 amide bonds. The average Bonchev–Trinajstić information content (AvgIpc) is 3.22. The van der Waals surface area contributed by atoms with Crippen molar-refractivity contribution in [2.45, 2.75) is 11.8 Å². The van der Waals surface area contributed by atoms with Crippen molar-refractivity contribution in [1.29, 1.82) is 0 Å². The van der Waals surface area contributed by atoms with Gasteiger partial charge < -0.3 is 4.74 Å². The van der Waals surface area contributed by atoms with E-state index in [1.165, 1.54) is 11.3 Å². The first-order valence-electron chi connectivity index (χ1n) is 9.89. The number of thiazole rings is 1. The lowest BCUT2D eigenvalue weighted by atomic mass is 10.2. The molecule has 0 bridgehead atoms. The number of morpholine rings is 1. The lowest BCUT2D eigenvalue weighted by Gasteiger charge is -2.29. The summed E-state index contributed by atoms with van der Waals surface area (Å²) in [6, 6.07) is 11.6. The van der Waals surface area contributed by atoms with Gasteiger partial charge in [-0.05, 0) is 43.0 Å². The maximum atomic E-state index is 13.6. The van der Waals surface area contributed by atoms with Gasteiger partial charge in [-0.1, -0.05) is 35.1 Å². The number of halogens is 1. The number of nitrogens with zero attached hydrogens (tertiary/aromatic N) is 3. The topological polar surface area (TPSA) is 45.7 Å². The molecule has 8 heteroatoms. The number of hydrogen-bond donors (Lipinski definition) is 0. The molecule has 3 aromatic rings.